The Morgan fingerprint density at radius 1 is 1.21 bits per heavy atom. The second kappa shape index (κ2) is 11.0. The Balaban J connectivity index is 1.82. The van der Waals surface area contributed by atoms with Crippen molar-refractivity contribution in [3.63, 3.8) is 0 Å². The minimum atomic E-state index is -2.89. The van der Waals surface area contributed by atoms with Gasteiger partial charge in [0, 0.05) is 33.9 Å². The number of nitrogens with one attached hydrogen (secondary N) is 2. The van der Waals surface area contributed by atoms with Crippen LogP contribution in [0.5, 0.6) is 11.5 Å². The number of guanidine groups is 1. The van der Waals surface area contributed by atoms with Gasteiger partial charge in [0.15, 0.2) is 17.5 Å². The number of alkyl halides is 2. The monoisotopic (exact) mass is 399 g/mol. The van der Waals surface area contributed by atoms with Gasteiger partial charge in [-0.3, -0.25) is 4.99 Å². The van der Waals surface area contributed by atoms with E-state index in [0.29, 0.717) is 18.4 Å². The van der Waals surface area contributed by atoms with E-state index in [1.165, 1.54) is 26.4 Å². The van der Waals surface area contributed by atoms with Gasteiger partial charge in [-0.1, -0.05) is 12.5 Å². The molecule has 1 aliphatic carbocycles. The van der Waals surface area contributed by atoms with Crippen molar-refractivity contribution < 1.29 is 23.0 Å². The van der Waals surface area contributed by atoms with Crippen LogP contribution in [0.15, 0.2) is 23.2 Å². The summed E-state index contributed by atoms with van der Waals surface area (Å²) in [6.45, 7) is -0.633. The summed E-state index contributed by atoms with van der Waals surface area (Å²) in [5.41, 5.74) is 1.17. The smallest absolute Gasteiger partial charge is 0.387 e. The van der Waals surface area contributed by atoms with Crippen LogP contribution in [0.3, 0.4) is 0 Å². The first-order valence-electron chi connectivity index (χ1n) is 9.57. The van der Waals surface area contributed by atoms with Gasteiger partial charge in [0.1, 0.15) is 0 Å². The fraction of sp³-hybridized carbons (Fsp3) is 0.650. The van der Waals surface area contributed by atoms with Gasteiger partial charge >= 0.3 is 6.61 Å². The van der Waals surface area contributed by atoms with Crippen molar-refractivity contribution in [2.45, 2.75) is 38.7 Å². The Kier molecular flexibility index (Phi) is 8.76. The molecule has 1 aliphatic rings. The standard InChI is InChI=1S/C20H31F2N3O3/c1-23-19(25-14-20(8-4-9-20)10-12-26-2)24-11-7-15-5-6-16(27-3)17(13-15)28-18(21)22/h5-6,13,18H,4,7-12,14H2,1-3H3,(H2,23,24,25). The fourth-order valence-electron chi connectivity index (χ4n) is 3.39. The van der Waals surface area contributed by atoms with E-state index >= 15 is 0 Å². The molecule has 0 heterocycles. The largest absolute Gasteiger partial charge is 0.493 e. The van der Waals surface area contributed by atoms with Crippen molar-refractivity contribution in [2.75, 3.05) is 41.0 Å². The van der Waals surface area contributed by atoms with Crippen LogP contribution in [0, 0.1) is 5.41 Å². The van der Waals surface area contributed by atoms with Gasteiger partial charge in [-0.15, -0.1) is 0 Å². The van der Waals surface area contributed by atoms with Gasteiger partial charge in [0.05, 0.1) is 7.11 Å². The Bertz CT molecular complexity index is 637. The molecule has 0 bridgehead atoms. The molecule has 8 heteroatoms. The lowest BCUT2D eigenvalue weighted by molar-refractivity contribution is -0.0512. The second-order valence-electron chi connectivity index (χ2n) is 7.06. The first-order chi connectivity index (χ1) is 13.5. The van der Waals surface area contributed by atoms with Crippen LogP contribution < -0.4 is 20.1 Å². The average molecular weight is 399 g/mol. The Morgan fingerprint density at radius 3 is 2.57 bits per heavy atom. The number of ether oxygens (including phenoxy) is 3. The van der Waals surface area contributed by atoms with E-state index in [0.717, 1.165) is 31.1 Å². The van der Waals surface area contributed by atoms with Crippen molar-refractivity contribution in [3.05, 3.63) is 23.8 Å². The van der Waals surface area contributed by atoms with Crippen molar-refractivity contribution >= 4 is 5.96 Å². The van der Waals surface area contributed by atoms with Gasteiger partial charge in [0.2, 0.25) is 0 Å². The average Bonchev–Trinajstić information content (AvgIpc) is 2.65. The molecule has 0 spiro atoms. The van der Waals surface area contributed by atoms with Crippen molar-refractivity contribution in [1.82, 2.24) is 10.6 Å². The summed E-state index contributed by atoms with van der Waals surface area (Å²) in [7, 11) is 4.89. The number of hydrogen-bond donors (Lipinski definition) is 2. The van der Waals surface area contributed by atoms with E-state index in [4.69, 9.17) is 9.47 Å². The Hall–Kier alpha value is -2.09. The van der Waals surface area contributed by atoms with Crippen LogP contribution in [0.1, 0.15) is 31.2 Å². The van der Waals surface area contributed by atoms with Crippen LogP contribution in [0.25, 0.3) is 0 Å². The molecular weight excluding hydrogens is 368 g/mol. The number of nitrogens with zero attached hydrogens (tertiary/aromatic N) is 1. The molecule has 1 aromatic rings. The van der Waals surface area contributed by atoms with Gasteiger partial charge in [0.25, 0.3) is 0 Å². The molecule has 0 aromatic heterocycles. The van der Waals surface area contributed by atoms with Crippen LogP contribution in [-0.4, -0.2) is 53.5 Å². The quantitative estimate of drug-likeness (QED) is 0.442. The third kappa shape index (κ3) is 6.51. The Morgan fingerprint density at radius 2 is 2.00 bits per heavy atom. The maximum absolute atomic E-state index is 12.5. The maximum Gasteiger partial charge on any atom is 0.387 e. The number of aliphatic imine (C=N–C) groups is 1. The van der Waals surface area contributed by atoms with Crippen LogP contribution in [0.2, 0.25) is 0 Å². The zero-order valence-electron chi connectivity index (χ0n) is 16.9. The van der Waals surface area contributed by atoms with Gasteiger partial charge in [-0.2, -0.15) is 8.78 Å². The summed E-state index contributed by atoms with van der Waals surface area (Å²) in [6, 6.07) is 5.05. The molecule has 158 valence electrons. The first kappa shape index (κ1) is 22.2. The zero-order valence-corrected chi connectivity index (χ0v) is 16.9. The second-order valence-corrected chi connectivity index (χ2v) is 7.06. The molecular formula is C20H31F2N3O3. The van der Waals surface area contributed by atoms with Crippen LogP contribution >= 0.6 is 0 Å². The number of rotatable bonds is 11. The summed E-state index contributed by atoms with van der Waals surface area (Å²) in [5.74, 6) is 1.07. The Labute approximate surface area is 165 Å². The molecule has 28 heavy (non-hydrogen) atoms. The number of hydrogen-bond acceptors (Lipinski definition) is 4. The molecule has 0 aliphatic heterocycles. The summed E-state index contributed by atoms with van der Waals surface area (Å²) in [6.07, 6.45) is 5.36. The lowest BCUT2D eigenvalue weighted by Crippen LogP contribution is -2.47. The number of methoxy groups -OCH3 is 2. The first-order valence-corrected chi connectivity index (χ1v) is 9.57. The fourth-order valence-corrected chi connectivity index (χ4v) is 3.39. The van der Waals surface area contributed by atoms with E-state index in [-0.39, 0.29) is 11.5 Å². The topological polar surface area (TPSA) is 64.1 Å². The van der Waals surface area contributed by atoms with Crippen molar-refractivity contribution in [3.8, 4) is 11.5 Å². The van der Waals surface area contributed by atoms with E-state index in [1.807, 2.05) is 6.07 Å². The summed E-state index contributed by atoms with van der Waals surface area (Å²) < 4.78 is 39.9. The molecule has 0 saturated heterocycles. The predicted molar refractivity (Wildman–Crippen MR) is 105 cm³/mol. The molecule has 0 amide bonds. The number of halogens is 2. The lowest BCUT2D eigenvalue weighted by atomic mass is 9.67. The molecule has 2 N–H and O–H groups in total. The van der Waals surface area contributed by atoms with Gasteiger partial charge in [-0.05, 0) is 48.8 Å². The molecule has 1 saturated carbocycles. The molecule has 0 unspecified atom stereocenters. The molecule has 0 radical (unpaired) electrons. The molecule has 6 nitrogen and oxygen atoms in total. The lowest BCUT2D eigenvalue weighted by Gasteiger charge is -2.42. The molecule has 1 aromatic carbocycles. The molecule has 0 atom stereocenters. The highest BCUT2D eigenvalue weighted by Gasteiger charge is 2.36. The normalized spacial score (nSPS) is 15.9. The van der Waals surface area contributed by atoms with Crippen molar-refractivity contribution in [1.29, 1.82) is 0 Å². The van der Waals surface area contributed by atoms with E-state index in [1.54, 1.807) is 26.3 Å². The van der Waals surface area contributed by atoms with Gasteiger partial charge < -0.3 is 24.8 Å². The zero-order chi connectivity index (χ0) is 20.4. The van der Waals surface area contributed by atoms with Crippen LogP contribution in [-0.2, 0) is 11.2 Å². The third-order valence-electron chi connectivity index (χ3n) is 5.26. The minimum absolute atomic E-state index is 0.0441. The SMILES string of the molecule is CN=C(NCCc1ccc(OC)c(OC(F)F)c1)NCC1(CCOC)CCC1. The summed E-state index contributed by atoms with van der Waals surface area (Å²) in [4.78, 5) is 4.26. The van der Waals surface area contributed by atoms with E-state index < -0.39 is 6.61 Å². The van der Waals surface area contributed by atoms with Crippen LogP contribution in [0.4, 0.5) is 8.78 Å². The van der Waals surface area contributed by atoms with Gasteiger partial charge in [-0.25, -0.2) is 0 Å². The van der Waals surface area contributed by atoms with Crippen molar-refractivity contribution in [2.24, 2.45) is 10.4 Å². The highest BCUT2D eigenvalue weighted by molar-refractivity contribution is 5.79. The maximum atomic E-state index is 12.5. The number of benzene rings is 1. The molecule has 2 rings (SSSR count). The molecule has 1 fully saturated rings. The summed E-state index contributed by atoms with van der Waals surface area (Å²) >= 11 is 0. The minimum Gasteiger partial charge on any atom is -0.493 e. The highest BCUT2D eigenvalue weighted by atomic mass is 19.3. The predicted octanol–water partition coefficient (Wildman–Crippen LogP) is 3.21. The van der Waals surface area contributed by atoms with E-state index in [2.05, 4.69) is 20.4 Å². The highest BCUT2D eigenvalue weighted by Crippen LogP contribution is 2.43. The third-order valence-corrected chi connectivity index (χ3v) is 5.26. The van der Waals surface area contributed by atoms with E-state index in [9.17, 15) is 8.78 Å². The summed E-state index contributed by atoms with van der Waals surface area (Å²) in [5, 5.41) is 6.67.